The number of nitrogen functional groups attached to an aromatic ring is 1. The van der Waals surface area contributed by atoms with Gasteiger partial charge >= 0.3 is 0 Å². The maximum Gasteiger partial charge on any atom is 0.0606 e. The Morgan fingerprint density at radius 3 is 2.56 bits per heavy atom. The summed E-state index contributed by atoms with van der Waals surface area (Å²) in [5.74, 6) is 0. The molecule has 0 bridgehead atoms. The number of hydrogen-bond acceptors (Lipinski definition) is 3. The van der Waals surface area contributed by atoms with Gasteiger partial charge in [0, 0.05) is 24.2 Å². The van der Waals surface area contributed by atoms with E-state index in [-0.39, 0.29) is 13.2 Å². The van der Waals surface area contributed by atoms with Crippen LogP contribution in [0.4, 0.5) is 5.69 Å². The molecule has 0 saturated heterocycles. The van der Waals surface area contributed by atoms with Crippen LogP contribution in [0.15, 0.2) is 42.6 Å². The molecule has 1 atom stereocenters. The molecule has 2 aromatic rings. The molecule has 0 aliphatic rings. The van der Waals surface area contributed by atoms with Crippen molar-refractivity contribution in [3.05, 3.63) is 53.9 Å². The Bertz CT molecular complexity index is 496. The predicted octanol–water partition coefficient (Wildman–Crippen LogP) is 1.26. The van der Waals surface area contributed by atoms with Gasteiger partial charge in [-0.25, -0.2) is 0 Å². The van der Waals surface area contributed by atoms with Crippen LogP contribution < -0.4 is 5.73 Å². The third-order valence-electron chi connectivity index (χ3n) is 3.36. The minimum atomic E-state index is -0.631. The van der Waals surface area contributed by atoms with Crippen LogP contribution in [0.2, 0.25) is 0 Å². The Kier molecular flexibility index (Phi) is 3.69. The van der Waals surface area contributed by atoms with Crippen LogP contribution in [-0.4, -0.2) is 28.4 Å². The Morgan fingerprint density at radius 2 is 2.00 bits per heavy atom. The van der Waals surface area contributed by atoms with Crippen molar-refractivity contribution in [2.45, 2.75) is 11.8 Å². The Hall–Kier alpha value is -1.78. The molecule has 96 valence electrons. The van der Waals surface area contributed by atoms with E-state index in [4.69, 9.17) is 5.73 Å². The molecule has 1 aromatic carbocycles. The van der Waals surface area contributed by atoms with Gasteiger partial charge in [0.1, 0.15) is 0 Å². The van der Waals surface area contributed by atoms with E-state index in [9.17, 15) is 10.2 Å². The highest BCUT2D eigenvalue weighted by molar-refractivity contribution is 5.46. The minimum Gasteiger partial charge on any atom is -0.399 e. The van der Waals surface area contributed by atoms with Crippen molar-refractivity contribution in [3.8, 4) is 0 Å². The minimum absolute atomic E-state index is 0.00558. The van der Waals surface area contributed by atoms with Crippen molar-refractivity contribution < 1.29 is 10.2 Å². The van der Waals surface area contributed by atoms with Gasteiger partial charge in [-0.05, 0) is 36.2 Å². The van der Waals surface area contributed by atoms with Gasteiger partial charge in [0.2, 0.25) is 0 Å². The number of benzene rings is 1. The van der Waals surface area contributed by atoms with E-state index in [1.165, 1.54) is 0 Å². The molecule has 0 saturated carbocycles. The molecule has 4 heteroatoms. The summed E-state index contributed by atoms with van der Waals surface area (Å²) in [7, 11) is 0. The number of aromatic nitrogens is 1. The quantitative estimate of drug-likeness (QED) is 0.599. The van der Waals surface area contributed by atoms with Crippen molar-refractivity contribution in [2.24, 2.45) is 0 Å². The molecule has 0 aliphatic heterocycles. The first-order valence-corrected chi connectivity index (χ1v) is 5.94. The lowest BCUT2D eigenvalue weighted by Gasteiger charge is -2.31. The lowest BCUT2D eigenvalue weighted by molar-refractivity contribution is 0.174. The SMILES string of the molecule is Nc1cccc(C(CO)(CCO)c2ccc[nH]2)c1. The smallest absolute Gasteiger partial charge is 0.0606 e. The number of rotatable bonds is 5. The number of aliphatic hydroxyl groups excluding tert-OH is 2. The van der Waals surface area contributed by atoms with Crippen molar-refractivity contribution in [3.63, 3.8) is 0 Å². The average Bonchev–Trinajstić information content (AvgIpc) is 2.90. The van der Waals surface area contributed by atoms with Gasteiger partial charge in [0.05, 0.1) is 12.0 Å². The second-order valence-electron chi connectivity index (χ2n) is 4.42. The number of nitrogens with one attached hydrogen (secondary N) is 1. The van der Waals surface area contributed by atoms with Crippen LogP contribution in [0.1, 0.15) is 17.7 Å². The van der Waals surface area contributed by atoms with Gasteiger partial charge in [0.15, 0.2) is 0 Å². The number of aromatic amines is 1. The van der Waals surface area contributed by atoms with Crippen LogP contribution in [0.25, 0.3) is 0 Å². The number of aliphatic hydroxyl groups is 2. The van der Waals surface area contributed by atoms with Gasteiger partial charge in [0.25, 0.3) is 0 Å². The number of H-pyrrole nitrogens is 1. The summed E-state index contributed by atoms with van der Waals surface area (Å²) in [4.78, 5) is 3.12. The van der Waals surface area contributed by atoms with Crippen LogP contribution in [0.3, 0.4) is 0 Å². The third kappa shape index (κ3) is 2.12. The van der Waals surface area contributed by atoms with E-state index in [2.05, 4.69) is 4.98 Å². The molecule has 1 heterocycles. The van der Waals surface area contributed by atoms with Gasteiger partial charge in [-0.2, -0.15) is 0 Å². The largest absolute Gasteiger partial charge is 0.399 e. The van der Waals surface area contributed by atoms with Crippen LogP contribution in [0.5, 0.6) is 0 Å². The summed E-state index contributed by atoms with van der Waals surface area (Å²) in [6.07, 6.45) is 2.25. The van der Waals surface area contributed by atoms with E-state index >= 15 is 0 Å². The maximum atomic E-state index is 9.85. The molecule has 0 fully saturated rings. The summed E-state index contributed by atoms with van der Waals surface area (Å²) in [5.41, 5.74) is 7.61. The van der Waals surface area contributed by atoms with E-state index < -0.39 is 5.41 Å². The molecule has 1 unspecified atom stereocenters. The fraction of sp³-hybridized carbons (Fsp3) is 0.286. The molecular formula is C14H18N2O2. The van der Waals surface area contributed by atoms with E-state index in [0.717, 1.165) is 11.3 Å². The summed E-state index contributed by atoms with van der Waals surface area (Å²) in [6, 6.07) is 11.2. The fourth-order valence-corrected chi connectivity index (χ4v) is 2.35. The zero-order chi connectivity index (χ0) is 13.0. The Balaban J connectivity index is 2.54. The maximum absolute atomic E-state index is 9.85. The normalized spacial score (nSPS) is 14.3. The van der Waals surface area contributed by atoms with Crippen molar-refractivity contribution in [1.29, 1.82) is 0 Å². The van der Waals surface area contributed by atoms with E-state index in [1.54, 1.807) is 6.07 Å². The van der Waals surface area contributed by atoms with Gasteiger partial charge in [-0.15, -0.1) is 0 Å². The summed E-state index contributed by atoms with van der Waals surface area (Å²) in [5, 5.41) is 19.2. The summed E-state index contributed by atoms with van der Waals surface area (Å²) >= 11 is 0. The Morgan fingerprint density at radius 1 is 1.17 bits per heavy atom. The predicted molar refractivity (Wildman–Crippen MR) is 71.2 cm³/mol. The zero-order valence-corrected chi connectivity index (χ0v) is 10.1. The topological polar surface area (TPSA) is 82.3 Å². The first-order chi connectivity index (χ1) is 8.73. The van der Waals surface area contributed by atoms with Crippen molar-refractivity contribution in [1.82, 2.24) is 4.98 Å². The van der Waals surface area contributed by atoms with Crippen LogP contribution >= 0.6 is 0 Å². The fourth-order valence-electron chi connectivity index (χ4n) is 2.35. The van der Waals surface area contributed by atoms with Crippen molar-refractivity contribution >= 4 is 5.69 Å². The first-order valence-electron chi connectivity index (χ1n) is 5.94. The van der Waals surface area contributed by atoms with Gasteiger partial charge < -0.3 is 20.9 Å². The van der Waals surface area contributed by atoms with Gasteiger partial charge in [-0.1, -0.05) is 12.1 Å². The summed E-state index contributed by atoms with van der Waals surface area (Å²) < 4.78 is 0. The Labute approximate surface area is 106 Å². The molecule has 1 aromatic heterocycles. The highest BCUT2D eigenvalue weighted by atomic mass is 16.3. The van der Waals surface area contributed by atoms with E-state index in [0.29, 0.717) is 12.1 Å². The first kappa shape index (κ1) is 12.7. The molecular weight excluding hydrogens is 228 g/mol. The van der Waals surface area contributed by atoms with E-state index in [1.807, 2.05) is 36.5 Å². The van der Waals surface area contributed by atoms with Crippen LogP contribution in [-0.2, 0) is 5.41 Å². The lowest BCUT2D eigenvalue weighted by atomic mass is 9.75. The zero-order valence-electron chi connectivity index (χ0n) is 10.1. The lowest BCUT2D eigenvalue weighted by Crippen LogP contribution is -2.33. The second kappa shape index (κ2) is 5.25. The standard InChI is InChI=1S/C14H18N2O2/c15-12-4-1-3-11(9-12)14(10-18,6-8-17)13-5-2-7-16-13/h1-5,7,9,16-18H,6,8,10,15H2. The summed E-state index contributed by atoms with van der Waals surface area (Å²) in [6.45, 7) is -0.0914. The molecule has 5 N–H and O–H groups in total. The molecule has 18 heavy (non-hydrogen) atoms. The average molecular weight is 246 g/mol. The number of anilines is 1. The molecule has 0 amide bonds. The third-order valence-corrected chi connectivity index (χ3v) is 3.36. The second-order valence-corrected chi connectivity index (χ2v) is 4.42. The number of nitrogens with two attached hydrogens (primary N) is 1. The monoisotopic (exact) mass is 246 g/mol. The number of hydrogen-bond donors (Lipinski definition) is 4. The molecule has 4 nitrogen and oxygen atoms in total. The van der Waals surface area contributed by atoms with Crippen LogP contribution in [0, 0.1) is 0 Å². The molecule has 0 spiro atoms. The van der Waals surface area contributed by atoms with Crippen molar-refractivity contribution in [2.75, 3.05) is 18.9 Å². The molecule has 2 rings (SSSR count). The van der Waals surface area contributed by atoms with Gasteiger partial charge in [-0.3, -0.25) is 0 Å². The highest BCUT2D eigenvalue weighted by Crippen LogP contribution is 2.35. The highest BCUT2D eigenvalue weighted by Gasteiger charge is 2.34. The molecule has 0 radical (unpaired) electrons. The molecule has 0 aliphatic carbocycles.